The van der Waals surface area contributed by atoms with Gasteiger partial charge < -0.3 is 10.3 Å². The van der Waals surface area contributed by atoms with Gasteiger partial charge in [0.05, 0.1) is 11.9 Å². The summed E-state index contributed by atoms with van der Waals surface area (Å²) in [5, 5.41) is 9.44. The maximum Gasteiger partial charge on any atom is 0.263 e. The molecule has 8 heteroatoms. The first-order chi connectivity index (χ1) is 8.97. The Bertz CT molecular complexity index is 615. The summed E-state index contributed by atoms with van der Waals surface area (Å²) >= 11 is 0. The SMILES string of the molecule is CC(C)NCc1cc(S(=O)(=O)Nc2cn[nH]c2)c[nH]1. The van der Waals surface area contributed by atoms with Crippen LogP contribution in [-0.2, 0) is 16.6 Å². The zero-order valence-electron chi connectivity index (χ0n) is 10.8. The Balaban J connectivity index is 2.08. The molecule has 0 saturated heterocycles. The van der Waals surface area contributed by atoms with Crippen molar-refractivity contribution in [1.29, 1.82) is 0 Å². The van der Waals surface area contributed by atoms with Crippen molar-refractivity contribution >= 4 is 15.7 Å². The predicted octanol–water partition coefficient (Wildman–Crippen LogP) is 1.04. The maximum absolute atomic E-state index is 12.1. The molecule has 0 atom stereocenters. The van der Waals surface area contributed by atoms with Crippen LogP contribution in [0.2, 0.25) is 0 Å². The van der Waals surface area contributed by atoms with Crippen molar-refractivity contribution in [3.8, 4) is 0 Å². The first-order valence-electron chi connectivity index (χ1n) is 5.89. The van der Waals surface area contributed by atoms with E-state index in [4.69, 9.17) is 0 Å². The van der Waals surface area contributed by atoms with Crippen LogP contribution in [0.5, 0.6) is 0 Å². The minimum atomic E-state index is -3.57. The molecule has 0 aliphatic carbocycles. The zero-order valence-corrected chi connectivity index (χ0v) is 11.6. The number of aromatic nitrogens is 3. The van der Waals surface area contributed by atoms with E-state index in [1.807, 2.05) is 13.8 Å². The van der Waals surface area contributed by atoms with Crippen LogP contribution < -0.4 is 10.0 Å². The molecule has 0 spiro atoms. The molecule has 0 radical (unpaired) electrons. The molecule has 0 amide bonds. The van der Waals surface area contributed by atoms with E-state index in [1.54, 1.807) is 6.07 Å². The van der Waals surface area contributed by atoms with Crippen LogP contribution >= 0.6 is 0 Å². The lowest BCUT2D eigenvalue weighted by Gasteiger charge is -2.05. The number of nitrogens with zero attached hydrogens (tertiary/aromatic N) is 1. The Kier molecular flexibility index (Phi) is 3.91. The molecule has 2 aromatic rings. The number of aromatic amines is 2. The minimum absolute atomic E-state index is 0.203. The Morgan fingerprint density at radius 3 is 2.79 bits per heavy atom. The smallest absolute Gasteiger partial charge is 0.263 e. The van der Waals surface area contributed by atoms with Crippen molar-refractivity contribution in [2.75, 3.05) is 4.72 Å². The summed E-state index contributed by atoms with van der Waals surface area (Å²) in [5.41, 5.74) is 1.23. The van der Waals surface area contributed by atoms with E-state index in [-0.39, 0.29) is 4.90 Å². The van der Waals surface area contributed by atoms with Crippen LogP contribution in [0.15, 0.2) is 29.6 Å². The largest absolute Gasteiger partial charge is 0.363 e. The third-order valence-corrected chi connectivity index (χ3v) is 3.84. The highest BCUT2D eigenvalue weighted by Gasteiger charge is 2.16. The van der Waals surface area contributed by atoms with Gasteiger partial charge in [0.2, 0.25) is 0 Å². The summed E-state index contributed by atoms with van der Waals surface area (Å²) < 4.78 is 26.5. The summed E-state index contributed by atoms with van der Waals surface area (Å²) in [7, 11) is -3.57. The number of sulfonamides is 1. The van der Waals surface area contributed by atoms with Crippen LogP contribution in [0.1, 0.15) is 19.5 Å². The van der Waals surface area contributed by atoms with E-state index in [2.05, 4.69) is 25.2 Å². The van der Waals surface area contributed by atoms with E-state index in [0.29, 0.717) is 18.3 Å². The molecule has 4 N–H and O–H groups in total. The second kappa shape index (κ2) is 5.45. The van der Waals surface area contributed by atoms with Gasteiger partial charge in [-0.2, -0.15) is 5.10 Å². The van der Waals surface area contributed by atoms with Gasteiger partial charge in [-0.3, -0.25) is 9.82 Å². The van der Waals surface area contributed by atoms with E-state index < -0.39 is 10.0 Å². The van der Waals surface area contributed by atoms with Crippen molar-refractivity contribution < 1.29 is 8.42 Å². The molecule has 0 aromatic carbocycles. The Morgan fingerprint density at radius 2 is 2.16 bits per heavy atom. The summed E-state index contributed by atoms with van der Waals surface area (Å²) in [4.78, 5) is 3.14. The van der Waals surface area contributed by atoms with E-state index >= 15 is 0 Å². The molecule has 0 fully saturated rings. The molecule has 2 heterocycles. The molecule has 0 aliphatic rings. The zero-order chi connectivity index (χ0) is 13.9. The molecule has 0 unspecified atom stereocenters. The van der Waals surface area contributed by atoms with Gasteiger partial charge in [-0.25, -0.2) is 8.42 Å². The summed E-state index contributed by atoms with van der Waals surface area (Å²) in [6, 6.07) is 1.95. The molecule has 2 rings (SSSR count). The molecule has 7 nitrogen and oxygen atoms in total. The van der Waals surface area contributed by atoms with Crippen molar-refractivity contribution in [2.45, 2.75) is 31.3 Å². The third-order valence-electron chi connectivity index (χ3n) is 2.48. The van der Waals surface area contributed by atoms with Gasteiger partial charge >= 0.3 is 0 Å². The predicted molar refractivity (Wildman–Crippen MR) is 72.2 cm³/mol. The summed E-state index contributed by atoms with van der Waals surface area (Å²) in [6.07, 6.45) is 4.36. The van der Waals surface area contributed by atoms with Gasteiger partial charge in [-0.15, -0.1) is 0 Å². The Morgan fingerprint density at radius 1 is 1.37 bits per heavy atom. The number of H-pyrrole nitrogens is 2. The Labute approximate surface area is 111 Å². The lowest BCUT2D eigenvalue weighted by Crippen LogP contribution is -2.21. The fourth-order valence-electron chi connectivity index (χ4n) is 1.51. The van der Waals surface area contributed by atoms with Crippen LogP contribution in [0.3, 0.4) is 0 Å². The van der Waals surface area contributed by atoms with Gasteiger partial charge in [-0.1, -0.05) is 13.8 Å². The second-order valence-corrected chi connectivity index (χ2v) is 6.17. The highest BCUT2D eigenvalue weighted by molar-refractivity contribution is 7.92. The molecule has 0 bridgehead atoms. The van der Waals surface area contributed by atoms with E-state index in [0.717, 1.165) is 5.69 Å². The quantitative estimate of drug-likeness (QED) is 0.636. The van der Waals surface area contributed by atoms with Crippen LogP contribution in [-0.4, -0.2) is 29.6 Å². The van der Waals surface area contributed by atoms with Crippen molar-refractivity contribution in [1.82, 2.24) is 20.5 Å². The van der Waals surface area contributed by atoms with Crippen molar-refractivity contribution in [3.63, 3.8) is 0 Å². The molecular weight excluding hydrogens is 266 g/mol. The Hall–Kier alpha value is -1.80. The van der Waals surface area contributed by atoms with Gasteiger partial charge in [0.25, 0.3) is 10.0 Å². The molecule has 104 valence electrons. The van der Waals surface area contributed by atoms with Crippen molar-refractivity contribution in [2.24, 2.45) is 0 Å². The van der Waals surface area contributed by atoms with E-state index in [9.17, 15) is 8.42 Å². The van der Waals surface area contributed by atoms with Crippen LogP contribution in [0.4, 0.5) is 5.69 Å². The number of hydrogen-bond acceptors (Lipinski definition) is 4. The number of hydrogen-bond donors (Lipinski definition) is 4. The number of rotatable bonds is 6. The minimum Gasteiger partial charge on any atom is -0.363 e. The second-order valence-electron chi connectivity index (χ2n) is 4.49. The first-order valence-corrected chi connectivity index (χ1v) is 7.38. The molecular formula is C11H17N5O2S. The highest BCUT2D eigenvalue weighted by Crippen LogP contribution is 2.15. The standard InChI is InChI=1S/C11H17N5O2S/c1-8(2)12-4-9-3-11(7-13-9)19(17,18)16-10-5-14-15-6-10/h3,5-8,12-13,16H,4H2,1-2H3,(H,14,15). The molecule has 2 aromatic heterocycles. The lowest BCUT2D eigenvalue weighted by molar-refractivity contribution is 0.582. The van der Waals surface area contributed by atoms with Gasteiger partial charge in [-0.05, 0) is 6.07 Å². The molecule has 0 saturated carbocycles. The fourth-order valence-corrected chi connectivity index (χ4v) is 2.56. The third kappa shape index (κ3) is 3.58. The first kappa shape index (κ1) is 13.6. The highest BCUT2D eigenvalue weighted by atomic mass is 32.2. The monoisotopic (exact) mass is 283 g/mol. The lowest BCUT2D eigenvalue weighted by atomic mass is 10.3. The number of nitrogens with one attached hydrogen (secondary N) is 4. The molecule has 0 aliphatic heterocycles. The van der Waals surface area contributed by atoms with E-state index in [1.165, 1.54) is 18.6 Å². The maximum atomic E-state index is 12.1. The summed E-state index contributed by atoms with van der Waals surface area (Å²) in [5.74, 6) is 0. The van der Waals surface area contributed by atoms with Gasteiger partial charge in [0.15, 0.2) is 0 Å². The number of anilines is 1. The van der Waals surface area contributed by atoms with Crippen molar-refractivity contribution in [3.05, 3.63) is 30.4 Å². The van der Waals surface area contributed by atoms with Gasteiger partial charge in [0, 0.05) is 30.7 Å². The fraction of sp³-hybridized carbons (Fsp3) is 0.364. The van der Waals surface area contributed by atoms with Crippen LogP contribution in [0, 0.1) is 0 Å². The summed E-state index contributed by atoms with van der Waals surface area (Å²) in [6.45, 7) is 4.65. The topological polar surface area (TPSA) is 103 Å². The van der Waals surface area contributed by atoms with Crippen LogP contribution in [0.25, 0.3) is 0 Å². The normalized spacial score (nSPS) is 11.9. The van der Waals surface area contributed by atoms with Gasteiger partial charge in [0.1, 0.15) is 4.90 Å². The molecule has 19 heavy (non-hydrogen) atoms. The average Bonchev–Trinajstić information content (AvgIpc) is 2.96. The average molecular weight is 283 g/mol.